The van der Waals surface area contributed by atoms with Gasteiger partial charge in [0.15, 0.2) is 16.6 Å². The summed E-state index contributed by atoms with van der Waals surface area (Å²) < 4.78 is 17.7. The molecule has 2 aliphatic heterocycles. The van der Waals surface area contributed by atoms with Crippen LogP contribution in [0.5, 0.6) is 11.5 Å². The minimum absolute atomic E-state index is 0.0390. The molecule has 5 rings (SSSR count). The monoisotopic (exact) mass is 436 g/mol. The molecule has 2 aliphatic rings. The molecule has 1 fully saturated rings. The molecule has 0 spiro atoms. The Labute approximate surface area is 185 Å². The Morgan fingerprint density at radius 1 is 1.19 bits per heavy atom. The molecule has 0 bridgehead atoms. The van der Waals surface area contributed by atoms with Crippen LogP contribution in [0.1, 0.15) is 29.5 Å². The second-order valence-corrected chi connectivity index (χ2v) is 8.88. The summed E-state index contributed by atoms with van der Waals surface area (Å²) in [7, 11) is 0. The standard InChI is InChI=1S/C24H24N2O4S/c1-15-5-6-16(2)23-22(15)25-24(31-23)26(13-18-4-3-11-28-18)21(27)10-8-17-7-9-19-20(12-17)30-14-29-19/h5-10,12,18H,3-4,11,13-14H2,1-2H3/b10-8+. The molecule has 31 heavy (non-hydrogen) atoms. The molecule has 1 saturated heterocycles. The number of aryl methyl sites for hydroxylation is 2. The van der Waals surface area contributed by atoms with Gasteiger partial charge in [0, 0.05) is 12.7 Å². The Morgan fingerprint density at radius 3 is 2.84 bits per heavy atom. The summed E-state index contributed by atoms with van der Waals surface area (Å²) in [6.07, 6.45) is 5.42. The van der Waals surface area contributed by atoms with Crippen molar-refractivity contribution in [2.24, 2.45) is 0 Å². The van der Waals surface area contributed by atoms with Crippen LogP contribution in [0.3, 0.4) is 0 Å². The molecule has 1 amide bonds. The zero-order valence-electron chi connectivity index (χ0n) is 17.6. The number of amides is 1. The van der Waals surface area contributed by atoms with Crippen LogP contribution in [0.4, 0.5) is 5.13 Å². The summed E-state index contributed by atoms with van der Waals surface area (Å²) in [5, 5.41) is 0.711. The van der Waals surface area contributed by atoms with E-state index in [4.69, 9.17) is 19.2 Å². The van der Waals surface area contributed by atoms with Gasteiger partial charge in [-0.1, -0.05) is 29.5 Å². The van der Waals surface area contributed by atoms with Gasteiger partial charge in [0.2, 0.25) is 6.79 Å². The summed E-state index contributed by atoms with van der Waals surface area (Å²) in [5.74, 6) is 1.31. The number of ether oxygens (including phenoxy) is 3. The lowest BCUT2D eigenvalue weighted by atomic mass is 10.1. The third-order valence-electron chi connectivity index (χ3n) is 5.65. The van der Waals surface area contributed by atoms with Crippen LogP contribution in [-0.4, -0.2) is 36.9 Å². The second-order valence-electron chi connectivity index (χ2n) is 7.90. The average Bonchev–Trinajstić information content (AvgIpc) is 3.53. The maximum absolute atomic E-state index is 13.3. The number of carbonyl (C=O) groups excluding carboxylic acids is 1. The van der Waals surface area contributed by atoms with Gasteiger partial charge in [-0.2, -0.15) is 0 Å². The molecule has 2 aromatic carbocycles. The van der Waals surface area contributed by atoms with Crippen molar-refractivity contribution in [2.75, 3.05) is 24.8 Å². The third-order valence-corrected chi connectivity index (χ3v) is 6.87. The van der Waals surface area contributed by atoms with Gasteiger partial charge in [-0.25, -0.2) is 4.98 Å². The van der Waals surface area contributed by atoms with Crippen LogP contribution in [0.2, 0.25) is 0 Å². The van der Waals surface area contributed by atoms with E-state index in [1.807, 2.05) is 18.2 Å². The van der Waals surface area contributed by atoms with E-state index in [1.54, 1.807) is 28.4 Å². The zero-order chi connectivity index (χ0) is 21.4. The molecule has 6 nitrogen and oxygen atoms in total. The minimum Gasteiger partial charge on any atom is -0.454 e. The highest BCUT2D eigenvalue weighted by Gasteiger charge is 2.25. The van der Waals surface area contributed by atoms with E-state index < -0.39 is 0 Å². The molecular weight excluding hydrogens is 412 g/mol. The van der Waals surface area contributed by atoms with Crippen molar-refractivity contribution in [3.63, 3.8) is 0 Å². The maximum atomic E-state index is 13.3. The molecule has 0 radical (unpaired) electrons. The number of anilines is 1. The lowest BCUT2D eigenvalue weighted by Gasteiger charge is -2.21. The predicted octanol–water partition coefficient (Wildman–Crippen LogP) is 4.87. The Balaban J connectivity index is 1.45. The number of hydrogen-bond donors (Lipinski definition) is 0. The number of nitrogens with zero attached hydrogens (tertiary/aromatic N) is 2. The van der Waals surface area contributed by atoms with Crippen LogP contribution in [0.15, 0.2) is 36.4 Å². The number of aromatic nitrogens is 1. The first-order valence-corrected chi connectivity index (χ1v) is 11.3. The van der Waals surface area contributed by atoms with E-state index in [2.05, 4.69) is 26.0 Å². The van der Waals surface area contributed by atoms with Gasteiger partial charge in [-0.15, -0.1) is 0 Å². The van der Waals surface area contributed by atoms with Gasteiger partial charge in [-0.05, 0) is 61.6 Å². The highest BCUT2D eigenvalue weighted by atomic mass is 32.1. The quantitative estimate of drug-likeness (QED) is 0.534. The Kier molecular flexibility index (Phi) is 5.38. The van der Waals surface area contributed by atoms with Crippen LogP contribution in [0, 0.1) is 13.8 Å². The summed E-state index contributed by atoms with van der Waals surface area (Å²) in [5.41, 5.74) is 4.13. The van der Waals surface area contributed by atoms with Crippen molar-refractivity contribution < 1.29 is 19.0 Å². The van der Waals surface area contributed by atoms with Crippen molar-refractivity contribution in [2.45, 2.75) is 32.8 Å². The molecule has 0 saturated carbocycles. The van der Waals surface area contributed by atoms with E-state index in [0.29, 0.717) is 17.4 Å². The first kappa shape index (κ1) is 20.0. The zero-order valence-corrected chi connectivity index (χ0v) is 18.4. The molecule has 1 unspecified atom stereocenters. The first-order chi connectivity index (χ1) is 15.1. The van der Waals surface area contributed by atoms with Gasteiger partial charge < -0.3 is 14.2 Å². The van der Waals surface area contributed by atoms with Crippen LogP contribution < -0.4 is 14.4 Å². The first-order valence-electron chi connectivity index (χ1n) is 10.5. The van der Waals surface area contributed by atoms with E-state index >= 15 is 0 Å². The largest absolute Gasteiger partial charge is 0.454 e. The Bertz CT molecular complexity index is 1120. The Hall–Kier alpha value is -2.90. The van der Waals surface area contributed by atoms with Crippen molar-refractivity contribution in [3.8, 4) is 11.5 Å². The summed E-state index contributed by atoms with van der Waals surface area (Å²) in [6, 6.07) is 9.82. The van der Waals surface area contributed by atoms with Crippen molar-refractivity contribution in [1.82, 2.24) is 4.98 Å². The third kappa shape index (κ3) is 4.03. The van der Waals surface area contributed by atoms with E-state index in [9.17, 15) is 4.79 Å². The minimum atomic E-state index is -0.109. The lowest BCUT2D eigenvalue weighted by molar-refractivity contribution is -0.114. The average molecular weight is 437 g/mol. The molecule has 0 aliphatic carbocycles. The fourth-order valence-corrected chi connectivity index (χ4v) is 5.02. The number of carbonyl (C=O) groups is 1. The Morgan fingerprint density at radius 2 is 2.03 bits per heavy atom. The molecule has 7 heteroatoms. The SMILES string of the molecule is Cc1ccc(C)c2sc(N(CC3CCCO3)C(=O)/C=C/c3ccc4c(c3)OCO4)nc12. The predicted molar refractivity (Wildman–Crippen MR) is 122 cm³/mol. The highest BCUT2D eigenvalue weighted by molar-refractivity contribution is 7.22. The van der Waals surface area contributed by atoms with Crippen LogP contribution in [0.25, 0.3) is 16.3 Å². The molecule has 160 valence electrons. The summed E-state index contributed by atoms with van der Waals surface area (Å²) in [6.45, 7) is 5.61. The fraction of sp³-hybridized carbons (Fsp3) is 0.333. The van der Waals surface area contributed by atoms with Crippen molar-refractivity contribution in [1.29, 1.82) is 0 Å². The van der Waals surface area contributed by atoms with Crippen molar-refractivity contribution in [3.05, 3.63) is 53.1 Å². The normalized spacial score (nSPS) is 17.7. The van der Waals surface area contributed by atoms with Gasteiger partial charge >= 0.3 is 0 Å². The van der Waals surface area contributed by atoms with Crippen LogP contribution in [-0.2, 0) is 9.53 Å². The molecule has 3 heterocycles. The topological polar surface area (TPSA) is 60.9 Å². The second kappa shape index (κ2) is 8.32. The number of fused-ring (bicyclic) bond motifs is 2. The summed E-state index contributed by atoms with van der Waals surface area (Å²) >= 11 is 1.56. The molecule has 1 aromatic heterocycles. The number of benzene rings is 2. The highest BCUT2D eigenvalue weighted by Crippen LogP contribution is 2.35. The van der Waals surface area contributed by atoms with E-state index in [1.165, 1.54) is 5.56 Å². The molecule has 1 atom stereocenters. The molecular formula is C24H24N2O4S. The maximum Gasteiger partial charge on any atom is 0.252 e. The lowest BCUT2D eigenvalue weighted by Crippen LogP contribution is -2.36. The smallest absolute Gasteiger partial charge is 0.252 e. The van der Waals surface area contributed by atoms with Gasteiger partial charge in [0.25, 0.3) is 5.91 Å². The van der Waals surface area contributed by atoms with Crippen LogP contribution >= 0.6 is 11.3 Å². The molecule has 3 aromatic rings. The fourth-order valence-electron chi connectivity index (χ4n) is 3.89. The number of rotatable bonds is 5. The summed E-state index contributed by atoms with van der Waals surface area (Å²) in [4.78, 5) is 19.9. The van der Waals surface area contributed by atoms with Gasteiger partial charge in [-0.3, -0.25) is 9.69 Å². The van der Waals surface area contributed by atoms with Crippen molar-refractivity contribution >= 4 is 38.7 Å². The van der Waals surface area contributed by atoms with Gasteiger partial charge in [0.05, 0.1) is 22.9 Å². The van der Waals surface area contributed by atoms with E-state index in [0.717, 1.165) is 46.5 Å². The molecule has 0 N–H and O–H groups in total. The van der Waals surface area contributed by atoms with E-state index in [-0.39, 0.29) is 18.8 Å². The number of thiazole rings is 1. The van der Waals surface area contributed by atoms with Gasteiger partial charge in [0.1, 0.15) is 0 Å². The number of hydrogen-bond acceptors (Lipinski definition) is 6.